The van der Waals surface area contributed by atoms with Gasteiger partial charge in [0.05, 0.1) is 18.4 Å². The summed E-state index contributed by atoms with van der Waals surface area (Å²) in [7, 11) is 1.33. The van der Waals surface area contributed by atoms with Crippen molar-refractivity contribution in [2.24, 2.45) is 5.73 Å². The Morgan fingerprint density at radius 2 is 2.18 bits per heavy atom. The molecule has 0 aromatic carbocycles. The fourth-order valence-electron chi connectivity index (χ4n) is 1.15. The van der Waals surface area contributed by atoms with Gasteiger partial charge in [0.2, 0.25) is 0 Å². The Labute approximate surface area is 101 Å². The van der Waals surface area contributed by atoms with Gasteiger partial charge in [0.25, 0.3) is 0 Å². The third-order valence-electron chi connectivity index (χ3n) is 2.06. The van der Waals surface area contributed by atoms with E-state index in [-0.39, 0.29) is 0 Å². The van der Waals surface area contributed by atoms with E-state index < -0.39 is 11.5 Å². The van der Waals surface area contributed by atoms with Gasteiger partial charge in [0.1, 0.15) is 12.4 Å². The van der Waals surface area contributed by atoms with Crippen molar-refractivity contribution < 1.29 is 14.3 Å². The van der Waals surface area contributed by atoms with Gasteiger partial charge in [-0.1, -0.05) is 0 Å². The molecule has 94 valence electrons. The highest BCUT2D eigenvalue weighted by Crippen LogP contribution is 2.18. The number of rotatable bonds is 4. The highest BCUT2D eigenvalue weighted by molar-refractivity contribution is 5.89. The number of ether oxygens (including phenoxy) is 2. The first-order valence-corrected chi connectivity index (χ1v) is 5.30. The molecule has 1 aromatic rings. The molecular formula is C12H18N2O3. The Bertz CT molecular complexity index is 411. The molecule has 0 bridgehead atoms. The fourth-order valence-corrected chi connectivity index (χ4v) is 1.15. The van der Waals surface area contributed by atoms with Gasteiger partial charge in [-0.05, 0) is 26.8 Å². The van der Waals surface area contributed by atoms with Crippen LogP contribution in [0, 0.1) is 6.92 Å². The Balaban J connectivity index is 2.87. The third kappa shape index (κ3) is 4.03. The molecular weight excluding hydrogens is 220 g/mol. The number of nitrogens with two attached hydrogens (primary N) is 1. The summed E-state index contributed by atoms with van der Waals surface area (Å²) in [6.45, 7) is 5.87. The summed E-state index contributed by atoms with van der Waals surface area (Å²) in [6, 6.07) is 1.61. The lowest BCUT2D eigenvalue weighted by Gasteiger charge is -2.19. The van der Waals surface area contributed by atoms with E-state index in [4.69, 9.17) is 10.5 Å². The van der Waals surface area contributed by atoms with Gasteiger partial charge >= 0.3 is 5.97 Å². The van der Waals surface area contributed by atoms with Gasteiger partial charge in [0.15, 0.2) is 0 Å². The predicted octanol–water partition coefficient (Wildman–Crippen LogP) is 1.29. The molecule has 0 aliphatic heterocycles. The molecule has 0 amide bonds. The maximum absolute atomic E-state index is 11.3. The zero-order chi connectivity index (χ0) is 13.1. The minimum Gasteiger partial charge on any atom is -0.490 e. The van der Waals surface area contributed by atoms with Crippen LogP contribution in [0.1, 0.15) is 29.9 Å². The summed E-state index contributed by atoms with van der Waals surface area (Å²) < 4.78 is 10.2. The van der Waals surface area contributed by atoms with Crippen LogP contribution < -0.4 is 10.5 Å². The molecule has 0 unspecified atom stereocenters. The van der Waals surface area contributed by atoms with Crippen molar-refractivity contribution >= 4 is 5.97 Å². The fraction of sp³-hybridized carbons (Fsp3) is 0.500. The molecule has 5 heteroatoms. The molecule has 0 spiro atoms. The van der Waals surface area contributed by atoms with E-state index in [1.54, 1.807) is 13.0 Å². The average Bonchev–Trinajstić information content (AvgIpc) is 2.26. The second kappa shape index (κ2) is 5.14. The molecule has 1 aromatic heterocycles. The number of nitrogens with zero attached hydrogens (tertiary/aromatic N) is 1. The standard InChI is InChI=1S/C12H18N2O3/c1-8-10(17-7-12(2,3)13)5-9(6-14-8)11(15)16-4/h5-6H,7,13H2,1-4H3. The molecule has 0 saturated heterocycles. The van der Waals surface area contributed by atoms with Crippen LogP contribution in [0.15, 0.2) is 12.3 Å². The molecule has 0 saturated carbocycles. The van der Waals surface area contributed by atoms with Gasteiger partial charge in [-0.3, -0.25) is 4.98 Å². The van der Waals surface area contributed by atoms with Gasteiger partial charge in [0, 0.05) is 11.7 Å². The lowest BCUT2D eigenvalue weighted by Crippen LogP contribution is -2.38. The van der Waals surface area contributed by atoms with Crippen LogP contribution in [-0.4, -0.2) is 30.2 Å². The summed E-state index contributed by atoms with van der Waals surface area (Å²) in [4.78, 5) is 15.4. The molecule has 17 heavy (non-hydrogen) atoms. The van der Waals surface area contributed by atoms with Crippen molar-refractivity contribution in [3.05, 3.63) is 23.5 Å². The molecule has 5 nitrogen and oxygen atoms in total. The smallest absolute Gasteiger partial charge is 0.339 e. The maximum Gasteiger partial charge on any atom is 0.339 e. The van der Waals surface area contributed by atoms with E-state index in [1.807, 2.05) is 13.8 Å². The van der Waals surface area contributed by atoms with Crippen LogP contribution in [-0.2, 0) is 4.74 Å². The van der Waals surface area contributed by atoms with Crippen LogP contribution in [0.4, 0.5) is 0 Å². The summed E-state index contributed by atoms with van der Waals surface area (Å²) in [5.74, 6) is 0.112. The van der Waals surface area contributed by atoms with Gasteiger partial charge in [-0.15, -0.1) is 0 Å². The van der Waals surface area contributed by atoms with Crippen molar-refractivity contribution in [1.29, 1.82) is 0 Å². The topological polar surface area (TPSA) is 74.4 Å². The molecule has 0 radical (unpaired) electrons. The van der Waals surface area contributed by atoms with E-state index in [1.165, 1.54) is 13.3 Å². The predicted molar refractivity (Wildman–Crippen MR) is 64.1 cm³/mol. The average molecular weight is 238 g/mol. The number of hydrogen-bond donors (Lipinski definition) is 1. The largest absolute Gasteiger partial charge is 0.490 e. The molecule has 0 atom stereocenters. The number of aryl methyl sites for hydroxylation is 1. The van der Waals surface area contributed by atoms with Crippen molar-refractivity contribution in [3.63, 3.8) is 0 Å². The minimum absolute atomic E-state index is 0.347. The molecule has 0 aliphatic carbocycles. The van der Waals surface area contributed by atoms with E-state index in [2.05, 4.69) is 9.72 Å². The zero-order valence-electron chi connectivity index (χ0n) is 10.6. The normalized spacial score (nSPS) is 11.1. The van der Waals surface area contributed by atoms with Crippen LogP contribution in [0.2, 0.25) is 0 Å². The Morgan fingerprint density at radius 3 is 2.71 bits per heavy atom. The van der Waals surface area contributed by atoms with Crippen LogP contribution >= 0.6 is 0 Å². The highest BCUT2D eigenvalue weighted by atomic mass is 16.5. The van der Waals surface area contributed by atoms with E-state index in [9.17, 15) is 4.79 Å². The number of carbonyl (C=O) groups is 1. The summed E-state index contributed by atoms with van der Waals surface area (Å²) in [6.07, 6.45) is 1.46. The Morgan fingerprint density at radius 1 is 1.53 bits per heavy atom. The number of methoxy groups -OCH3 is 1. The van der Waals surface area contributed by atoms with Crippen LogP contribution in [0.5, 0.6) is 5.75 Å². The molecule has 2 N–H and O–H groups in total. The lowest BCUT2D eigenvalue weighted by atomic mass is 10.1. The van der Waals surface area contributed by atoms with Crippen molar-refractivity contribution in [3.8, 4) is 5.75 Å². The van der Waals surface area contributed by atoms with Crippen molar-refractivity contribution in [2.75, 3.05) is 13.7 Å². The molecule has 0 aliphatic rings. The van der Waals surface area contributed by atoms with Crippen molar-refractivity contribution in [2.45, 2.75) is 26.3 Å². The monoisotopic (exact) mass is 238 g/mol. The number of carbonyl (C=O) groups excluding carboxylic acids is 1. The maximum atomic E-state index is 11.3. The summed E-state index contributed by atoms with van der Waals surface area (Å²) in [5.41, 5.74) is 6.46. The lowest BCUT2D eigenvalue weighted by molar-refractivity contribution is 0.0599. The van der Waals surface area contributed by atoms with Gasteiger partial charge in [-0.2, -0.15) is 0 Å². The summed E-state index contributed by atoms with van der Waals surface area (Å²) in [5, 5.41) is 0. The first-order chi connectivity index (χ1) is 7.83. The first kappa shape index (κ1) is 13.4. The van der Waals surface area contributed by atoms with E-state index in [0.29, 0.717) is 23.6 Å². The summed E-state index contributed by atoms with van der Waals surface area (Å²) >= 11 is 0. The minimum atomic E-state index is -0.437. The van der Waals surface area contributed by atoms with Gasteiger partial charge in [-0.25, -0.2) is 4.79 Å². The second-order valence-corrected chi connectivity index (χ2v) is 4.58. The van der Waals surface area contributed by atoms with Crippen molar-refractivity contribution in [1.82, 2.24) is 4.98 Å². The Kier molecular flexibility index (Phi) is 4.07. The van der Waals surface area contributed by atoms with Crippen LogP contribution in [0.25, 0.3) is 0 Å². The number of aromatic nitrogens is 1. The zero-order valence-corrected chi connectivity index (χ0v) is 10.6. The molecule has 1 rings (SSSR count). The van der Waals surface area contributed by atoms with Gasteiger partial charge < -0.3 is 15.2 Å². The van der Waals surface area contributed by atoms with Crippen LogP contribution in [0.3, 0.4) is 0 Å². The number of hydrogen-bond acceptors (Lipinski definition) is 5. The Hall–Kier alpha value is -1.62. The quantitative estimate of drug-likeness (QED) is 0.800. The van der Waals surface area contributed by atoms with E-state index in [0.717, 1.165) is 0 Å². The molecule has 1 heterocycles. The third-order valence-corrected chi connectivity index (χ3v) is 2.06. The molecule has 0 fully saturated rings. The highest BCUT2D eigenvalue weighted by Gasteiger charge is 2.14. The number of esters is 1. The second-order valence-electron chi connectivity index (χ2n) is 4.58. The van der Waals surface area contributed by atoms with E-state index >= 15 is 0 Å². The number of pyridine rings is 1. The first-order valence-electron chi connectivity index (χ1n) is 5.30. The SMILES string of the molecule is COC(=O)c1cnc(C)c(OCC(C)(C)N)c1.